The van der Waals surface area contributed by atoms with Gasteiger partial charge in [0, 0.05) is 13.5 Å². The summed E-state index contributed by atoms with van der Waals surface area (Å²) in [6, 6.07) is 10.6. The third-order valence-electron chi connectivity index (χ3n) is 7.43. The maximum absolute atomic E-state index is 16.9. The number of nitrogens with one attached hydrogen (secondary N) is 1. The lowest BCUT2D eigenvalue weighted by Crippen LogP contribution is -2.51. The van der Waals surface area contributed by atoms with Crippen LogP contribution in [0, 0.1) is 12.7 Å². The zero-order valence-corrected chi connectivity index (χ0v) is 22.2. The number of hydrogen-bond acceptors (Lipinski definition) is 8. The Balaban J connectivity index is 1.55. The molecule has 1 aliphatic heterocycles. The number of carbonyl (C=O) groups excluding carboxylic acids is 1. The third kappa shape index (κ3) is 4.43. The molecule has 2 unspecified atom stereocenters. The van der Waals surface area contributed by atoms with Crippen LogP contribution in [0.3, 0.4) is 0 Å². The molecule has 2 aromatic heterocycles. The number of carbonyl (C=O) groups is 2. The van der Waals surface area contributed by atoms with Crippen LogP contribution in [-0.4, -0.2) is 47.8 Å². The summed E-state index contributed by atoms with van der Waals surface area (Å²) in [6.07, 6.45) is 0.133. The van der Waals surface area contributed by atoms with Gasteiger partial charge < -0.3 is 19.9 Å². The first-order chi connectivity index (χ1) is 18.9. The van der Waals surface area contributed by atoms with Gasteiger partial charge >= 0.3 is 11.9 Å². The predicted octanol–water partition coefficient (Wildman–Crippen LogP) is 4.90. The van der Waals surface area contributed by atoms with Gasteiger partial charge in [0.05, 0.1) is 11.9 Å². The second-order valence-electron chi connectivity index (χ2n) is 10.00. The summed E-state index contributed by atoms with van der Waals surface area (Å²) in [5.74, 6) is -1.85. The van der Waals surface area contributed by atoms with Gasteiger partial charge in [-0.3, -0.25) is 9.36 Å². The highest BCUT2D eigenvalue weighted by molar-refractivity contribution is 5.89. The number of rotatable bonds is 7. The number of halogens is 2. The van der Waals surface area contributed by atoms with Gasteiger partial charge in [-0.1, -0.05) is 24.3 Å². The van der Waals surface area contributed by atoms with Crippen LogP contribution in [0.4, 0.5) is 14.6 Å². The number of alkyl halides is 1. The lowest BCUT2D eigenvalue weighted by Gasteiger charge is -2.37. The normalized spacial score (nSPS) is 24.2. The lowest BCUT2D eigenvalue weighted by molar-refractivity contribution is -0.174. The minimum absolute atomic E-state index is 0.0213. The molecule has 4 aromatic rings. The SMILES string of the molecule is CC(=O)OC1(C)[C@@H](c2cccc(C(=O)O)c2C)OC(n2cnc3c(NCc4ccc(F)cc4)ncnc32)[C@]1(C)F. The monoisotopic (exact) mass is 551 g/mol. The van der Waals surface area contributed by atoms with E-state index in [4.69, 9.17) is 9.47 Å². The van der Waals surface area contributed by atoms with E-state index >= 15 is 4.39 Å². The smallest absolute Gasteiger partial charge is 0.335 e. The fraction of sp³-hybridized carbons (Fsp3) is 0.321. The van der Waals surface area contributed by atoms with E-state index in [2.05, 4.69) is 20.3 Å². The number of aromatic carboxylic acids is 1. The Morgan fingerprint density at radius 1 is 1.15 bits per heavy atom. The molecule has 4 atom stereocenters. The van der Waals surface area contributed by atoms with Gasteiger partial charge in [0.1, 0.15) is 18.2 Å². The Hall–Kier alpha value is -4.45. The number of nitrogens with zero attached hydrogens (tertiary/aromatic N) is 4. The number of fused-ring (bicyclic) bond motifs is 1. The molecular formula is C28H27F2N5O5. The van der Waals surface area contributed by atoms with Gasteiger partial charge in [0.2, 0.25) is 0 Å². The van der Waals surface area contributed by atoms with Crippen LogP contribution in [0.1, 0.15) is 60.2 Å². The maximum Gasteiger partial charge on any atom is 0.335 e. The number of benzene rings is 2. The quantitative estimate of drug-likeness (QED) is 0.308. The van der Waals surface area contributed by atoms with Gasteiger partial charge in [0.25, 0.3) is 0 Å². The van der Waals surface area contributed by atoms with E-state index in [9.17, 15) is 19.1 Å². The fourth-order valence-corrected chi connectivity index (χ4v) is 5.15. The Morgan fingerprint density at radius 3 is 2.55 bits per heavy atom. The highest BCUT2D eigenvalue weighted by Crippen LogP contribution is 2.57. The molecule has 0 amide bonds. The summed E-state index contributed by atoms with van der Waals surface area (Å²) < 4.78 is 43.5. The number of ether oxygens (including phenoxy) is 2. The van der Waals surface area contributed by atoms with Crippen LogP contribution in [0.2, 0.25) is 0 Å². The Kier molecular flexibility index (Phi) is 6.74. The van der Waals surface area contributed by atoms with Crippen molar-refractivity contribution >= 4 is 28.9 Å². The summed E-state index contributed by atoms with van der Waals surface area (Å²) in [5, 5.41) is 12.8. The van der Waals surface area contributed by atoms with Crippen LogP contribution in [0.5, 0.6) is 0 Å². The number of carboxylic acid groups (broad SMARTS) is 1. The summed E-state index contributed by atoms with van der Waals surface area (Å²) in [4.78, 5) is 36.9. The van der Waals surface area contributed by atoms with Gasteiger partial charge in [-0.2, -0.15) is 0 Å². The first-order valence-corrected chi connectivity index (χ1v) is 12.5. The molecule has 1 fully saturated rings. The van der Waals surface area contributed by atoms with Crippen molar-refractivity contribution in [3.05, 3.63) is 83.2 Å². The number of anilines is 1. The van der Waals surface area contributed by atoms with E-state index in [1.807, 2.05) is 0 Å². The number of esters is 1. The van der Waals surface area contributed by atoms with Crippen molar-refractivity contribution in [1.29, 1.82) is 0 Å². The van der Waals surface area contributed by atoms with Crippen molar-refractivity contribution in [2.24, 2.45) is 0 Å². The summed E-state index contributed by atoms with van der Waals surface area (Å²) >= 11 is 0. The van der Waals surface area contributed by atoms with E-state index in [1.54, 1.807) is 25.1 Å². The minimum Gasteiger partial charge on any atom is -0.478 e. The van der Waals surface area contributed by atoms with E-state index in [-0.39, 0.29) is 17.0 Å². The molecule has 208 valence electrons. The van der Waals surface area contributed by atoms with Crippen LogP contribution >= 0.6 is 0 Å². The van der Waals surface area contributed by atoms with Crippen molar-refractivity contribution in [3.8, 4) is 0 Å². The highest BCUT2D eigenvalue weighted by Gasteiger charge is 2.67. The molecule has 3 heterocycles. The topological polar surface area (TPSA) is 128 Å². The first kappa shape index (κ1) is 27.1. The van der Waals surface area contributed by atoms with Crippen LogP contribution in [0.15, 0.2) is 55.1 Å². The molecule has 40 heavy (non-hydrogen) atoms. The predicted molar refractivity (Wildman–Crippen MR) is 140 cm³/mol. The molecule has 0 spiro atoms. The van der Waals surface area contributed by atoms with E-state index in [1.165, 1.54) is 62.3 Å². The van der Waals surface area contributed by atoms with Crippen LogP contribution in [-0.2, 0) is 20.8 Å². The van der Waals surface area contributed by atoms with E-state index in [0.29, 0.717) is 29.0 Å². The molecule has 2 aromatic carbocycles. The second-order valence-corrected chi connectivity index (χ2v) is 10.00. The zero-order chi connectivity index (χ0) is 28.8. The molecule has 1 saturated heterocycles. The number of aromatic nitrogens is 4. The van der Waals surface area contributed by atoms with Crippen molar-refractivity contribution in [3.63, 3.8) is 0 Å². The zero-order valence-electron chi connectivity index (χ0n) is 22.2. The van der Waals surface area contributed by atoms with Crippen molar-refractivity contribution in [1.82, 2.24) is 19.5 Å². The molecule has 1 aliphatic rings. The molecule has 0 aliphatic carbocycles. The maximum atomic E-state index is 16.9. The summed E-state index contributed by atoms with van der Waals surface area (Å²) in [7, 11) is 0. The van der Waals surface area contributed by atoms with Gasteiger partial charge in [-0.25, -0.2) is 28.5 Å². The molecule has 0 radical (unpaired) electrons. The molecule has 10 nitrogen and oxygen atoms in total. The molecular weight excluding hydrogens is 524 g/mol. The van der Waals surface area contributed by atoms with Gasteiger partial charge in [-0.15, -0.1) is 0 Å². The molecule has 0 saturated carbocycles. The Bertz CT molecular complexity index is 1610. The average molecular weight is 552 g/mol. The standard InChI is InChI=1S/C28H27F2N5O5/c1-15-19(6-5-7-20(15)25(37)38)22-28(4,40-16(2)36)27(3,30)26(39-22)35-14-34-21-23(32-13-33-24(21)35)31-12-17-8-10-18(29)11-9-17/h5-11,13-14,22,26H,12H2,1-4H3,(H,37,38)(H,31,32,33)/t22-,26?,27+,28?/m1/s1. The van der Waals surface area contributed by atoms with E-state index in [0.717, 1.165) is 5.56 Å². The van der Waals surface area contributed by atoms with Gasteiger partial charge in [-0.05, 0) is 55.7 Å². The minimum atomic E-state index is -2.32. The fourth-order valence-electron chi connectivity index (χ4n) is 5.15. The largest absolute Gasteiger partial charge is 0.478 e. The molecule has 5 rings (SSSR count). The van der Waals surface area contributed by atoms with Crippen LogP contribution in [0.25, 0.3) is 11.2 Å². The molecule has 0 bridgehead atoms. The molecule has 12 heteroatoms. The lowest BCUT2D eigenvalue weighted by atomic mass is 9.80. The van der Waals surface area contributed by atoms with Crippen molar-refractivity contribution in [2.45, 2.75) is 57.8 Å². The summed E-state index contributed by atoms with van der Waals surface area (Å²) in [6.45, 7) is 5.78. The summed E-state index contributed by atoms with van der Waals surface area (Å²) in [5.41, 5.74) is -2.02. The van der Waals surface area contributed by atoms with Crippen molar-refractivity contribution < 1.29 is 33.0 Å². The number of imidazole rings is 1. The molecule has 2 N–H and O–H groups in total. The third-order valence-corrected chi connectivity index (χ3v) is 7.43. The van der Waals surface area contributed by atoms with E-state index < -0.39 is 35.5 Å². The highest BCUT2D eigenvalue weighted by atomic mass is 19.1. The first-order valence-electron chi connectivity index (χ1n) is 12.5. The van der Waals surface area contributed by atoms with Crippen molar-refractivity contribution in [2.75, 3.05) is 5.32 Å². The Labute approximate surface area is 228 Å². The Morgan fingerprint density at radius 2 is 1.88 bits per heavy atom. The number of hydrogen-bond donors (Lipinski definition) is 2. The average Bonchev–Trinajstić information content (AvgIpc) is 3.40. The second kappa shape index (κ2) is 9.94. The van der Waals surface area contributed by atoms with Gasteiger partial charge in [0.15, 0.2) is 34.5 Å². The number of carboxylic acids is 1. The van der Waals surface area contributed by atoms with Crippen LogP contribution < -0.4 is 5.32 Å².